The first-order chi connectivity index (χ1) is 12.3. The third-order valence-electron chi connectivity index (χ3n) is 4.05. The first kappa shape index (κ1) is 16.7. The molecule has 0 bridgehead atoms. The van der Waals surface area contributed by atoms with E-state index in [0.29, 0.717) is 5.56 Å². The average molecular weight is 328 g/mol. The van der Waals surface area contributed by atoms with Crippen LogP contribution in [0.1, 0.15) is 34.3 Å². The maximum absolute atomic E-state index is 12.2. The number of hydrazone groups is 1. The molecular weight excluding hydrogens is 308 g/mol. The lowest BCUT2D eigenvalue weighted by Crippen LogP contribution is -2.21. The summed E-state index contributed by atoms with van der Waals surface area (Å²) in [6, 6.07) is 29.5. The summed E-state index contributed by atoms with van der Waals surface area (Å²) in [5, 5.41) is 4.37. The molecule has 3 nitrogen and oxygen atoms in total. The number of nitrogens with one attached hydrogen (secondary N) is 1. The third-order valence-corrected chi connectivity index (χ3v) is 4.05. The van der Waals surface area contributed by atoms with Gasteiger partial charge in [-0.15, -0.1) is 0 Å². The summed E-state index contributed by atoms with van der Waals surface area (Å²) in [5.74, 6) is -0.210. The summed E-state index contributed by atoms with van der Waals surface area (Å²) < 4.78 is 0. The Morgan fingerprint density at radius 1 is 0.760 bits per heavy atom. The average Bonchev–Trinajstić information content (AvgIpc) is 2.69. The highest BCUT2D eigenvalue weighted by atomic mass is 16.2. The lowest BCUT2D eigenvalue weighted by atomic mass is 9.88. The molecular formula is C22H20N2O. The molecule has 25 heavy (non-hydrogen) atoms. The number of nitrogens with zero attached hydrogens (tertiary/aromatic N) is 1. The van der Waals surface area contributed by atoms with Crippen molar-refractivity contribution < 1.29 is 4.79 Å². The summed E-state index contributed by atoms with van der Waals surface area (Å²) in [7, 11) is 0. The number of rotatable bonds is 5. The number of benzene rings is 3. The Bertz CT molecular complexity index is 803. The minimum Gasteiger partial charge on any atom is -0.267 e. The van der Waals surface area contributed by atoms with Gasteiger partial charge in [-0.25, -0.2) is 5.43 Å². The molecule has 0 unspecified atom stereocenters. The van der Waals surface area contributed by atoms with E-state index in [-0.39, 0.29) is 11.8 Å². The molecule has 0 aliphatic carbocycles. The summed E-state index contributed by atoms with van der Waals surface area (Å²) >= 11 is 0. The molecule has 0 aliphatic rings. The molecule has 0 aliphatic heterocycles. The topological polar surface area (TPSA) is 41.5 Å². The maximum Gasteiger partial charge on any atom is 0.271 e. The van der Waals surface area contributed by atoms with Crippen LogP contribution in [0.15, 0.2) is 96.1 Å². The van der Waals surface area contributed by atoms with Crippen LogP contribution in [0, 0.1) is 0 Å². The summed E-state index contributed by atoms with van der Waals surface area (Å²) in [6.07, 6.45) is 0. The molecule has 0 aromatic heterocycles. The molecule has 3 heteroatoms. The lowest BCUT2D eigenvalue weighted by molar-refractivity contribution is 0.0954. The van der Waals surface area contributed by atoms with Gasteiger partial charge in [0.2, 0.25) is 0 Å². The molecule has 0 spiro atoms. The Balaban J connectivity index is 1.87. The Morgan fingerprint density at radius 2 is 1.20 bits per heavy atom. The molecule has 0 heterocycles. The van der Waals surface area contributed by atoms with Crippen LogP contribution in [-0.4, -0.2) is 11.6 Å². The normalized spacial score (nSPS) is 11.4. The van der Waals surface area contributed by atoms with Gasteiger partial charge in [0.05, 0.1) is 0 Å². The molecule has 0 radical (unpaired) electrons. The lowest BCUT2D eigenvalue weighted by Gasteiger charge is -2.18. The van der Waals surface area contributed by atoms with Crippen molar-refractivity contribution >= 4 is 11.6 Å². The second-order valence-electron chi connectivity index (χ2n) is 5.81. The van der Waals surface area contributed by atoms with Crippen LogP contribution in [0.3, 0.4) is 0 Å². The quantitative estimate of drug-likeness (QED) is 0.539. The molecule has 0 atom stereocenters. The van der Waals surface area contributed by atoms with Gasteiger partial charge in [0.1, 0.15) is 0 Å². The minimum absolute atomic E-state index is 0.00141. The van der Waals surface area contributed by atoms with Crippen molar-refractivity contribution in [3.05, 3.63) is 108 Å². The Labute approximate surface area is 148 Å². The smallest absolute Gasteiger partial charge is 0.267 e. The van der Waals surface area contributed by atoms with E-state index in [1.54, 1.807) is 12.1 Å². The van der Waals surface area contributed by atoms with Crippen molar-refractivity contribution in [2.75, 3.05) is 0 Å². The van der Waals surface area contributed by atoms with Gasteiger partial charge in [-0.05, 0) is 30.2 Å². The Morgan fingerprint density at radius 3 is 1.68 bits per heavy atom. The fourth-order valence-corrected chi connectivity index (χ4v) is 2.82. The van der Waals surface area contributed by atoms with Gasteiger partial charge in [0.15, 0.2) is 0 Å². The molecule has 0 saturated heterocycles. The highest BCUT2D eigenvalue weighted by molar-refractivity contribution is 5.97. The van der Waals surface area contributed by atoms with E-state index in [9.17, 15) is 4.79 Å². The predicted octanol–water partition coefficient (Wildman–Crippen LogP) is 4.62. The second kappa shape index (κ2) is 8.06. The van der Waals surface area contributed by atoms with Crippen molar-refractivity contribution in [2.45, 2.75) is 12.8 Å². The van der Waals surface area contributed by atoms with Gasteiger partial charge in [-0.1, -0.05) is 78.9 Å². The van der Waals surface area contributed by atoms with Gasteiger partial charge < -0.3 is 0 Å². The number of hydrogen-bond acceptors (Lipinski definition) is 2. The first-order valence-corrected chi connectivity index (χ1v) is 8.25. The van der Waals surface area contributed by atoms with Crippen LogP contribution < -0.4 is 5.43 Å². The zero-order chi connectivity index (χ0) is 17.5. The van der Waals surface area contributed by atoms with Crippen LogP contribution in [0.4, 0.5) is 0 Å². The molecule has 124 valence electrons. The largest absolute Gasteiger partial charge is 0.271 e. The van der Waals surface area contributed by atoms with Crippen LogP contribution in [0.2, 0.25) is 0 Å². The molecule has 0 saturated carbocycles. The van der Waals surface area contributed by atoms with Gasteiger partial charge in [-0.3, -0.25) is 4.79 Å². The maximum atomic E-state index is 12.2. The van der Waals surface area contributed by atoms with E-state index >= 15 is 0 Å². The van der Waals surface area contributed by atoms with E-state index in [1.807, 2.05) is 61.5 Å². The van der Waals surface area contributed by atoms with Gasteiger partial charge >= 0.3 is 0 Å². The minimum atomic E-state index is -0.208. The predicted molar refractivity (Wildman–Crippen MR) is 102 cm³/mol. The fraction of sp³-hybridized carbons (Fsp3) is 0.0909. The molecule has 0 fully saturated rings. The molecule has 3 rings (SSSR count). The van der Waals surface area contributed by atoms with E-state index in [2.05, 4.69) is 34.8 Å². The SMILES string of the molecule is C/C(=N\NC(=O)c1ccccc1)C(c1ccccc1)c1ccccc1. The van der Waals surface area contributed by atoms with Crippen LogP contribution in [0.5, 0.6) is 0 Å². The number of hydrogen-bond donors (Lipinski definition) is 1. The summed E-state index contributed by atoms with van der Waals surface area (Å²) in [5.41, 5.74) is 6.38. The van der Waals surface area contributed by atoms with Crippen molar-refractivity contribution in [2.24, 2.45) is 5.10 Å². The molecule has 3 aromatic rings. The number of carbonyl (C=O) groups excluding carboxylic acids is 1. The monoisotopic (exact) mass is 328 g/mol. The van der Waals surface area contributed by atoms with E-state index in [0.717, 1.165) is 16.8 Å². The van der Waals surface area contributed by atoms with E-state index in [4.69, 9.17) is 0 Å². The second-order valence-corrected chi connectivity index (χ2v) is 5.81. The number of amides is 1. The summed E-state index contributed by atoms with van der Waals surface area (Å²) in [4.78, 5) is 12.2. The van der Waals surface area contributed by atoms with Crippen molar-refractivity contribution in [1.29, 1.82) is 0 Å². The van der Waals surface area contributed by atoms with Gasteiger partial charge in [0, 0.05) is 17.2 Å². The van der Waals surface area contributed by atoms with Gasteiger partial charge in [-0.2, -0.15) is 5.10 Å². The van der Waals surface area contributed by atoms with E-state index in [1.165, 1.54) is 0 Å². The summed E-state index contributed by atoms with van der Waals surface area (Å²) in [6.45, 7) is 1.94. The van der Waals surface area contributed by atoms with Crippen LogP contribution >= 0.6 is 0 Å². The number of carbonyl (C=O) groups is 1. The Kier molecular flexibility index (Phi) is 5.37. The standard InChI is InChI=1S/C22H20N2O/c1-17(23-24-22(25)20-15-9-4-10-16-20)21(18-11-5-2-6-12-18)19-13-7-3-8-14-19/h2-16,21H,1H3,(H,24,25)/b23-17+. The highest BCUT2D eigenvalue weighted by Gasteiger charge is 2.17. The van der Waals surface area contributed by atoms with Gasteiger partial charge in [0.25, 0.3) is 5.91 Å². The van der Waals surface area contributed by atoms with Crippen LogP contribution in [0.25, 0.3) is 0 Å². The molecule has 1 amide bonds. The van der Waals surface area contributed by atoms with Crippen LogP contribution in [-0.2, 0) is 0 Å². The fourth-order valence-electron chi connectivity index (χ4n) is 2.82. The van der Waals surface area contributed by atoms with Crippen molar-refractivity contribution in [3.63, 3.8) is 0 Å². The van der Waals surface area contributed by atoms with Crippen molar-refractivity contribution in [3.8, 4) is 0 Å². The molecule has 1 N–H and O–H groups in total. The van der Waals surface area contributed by atoms with Crippen molar-refractivity contribution in [1.82, 2.24) is 5.43 Å². The zero-order valence-electron chi connectivity index (χ0n) is 14.1. The zero-order valence-corrected chi connectivity index (χ0v) is 14.1. The van der Waals surface area contributed by atoms with E-state index < -0.39 is 0 Å². The Hall–Kier alpha value is -3.20. The third kappa shape index (κ3) is 4.21. The first-order valence-electron chi connectivity index (χ1n) is 8.25. The molecule has 3 aromatic carbocycles. The highest BCUT2D eigenvalue weighted by Crippen LogP contribution is 2.26.